The number of carbonyl (C=O) groups excluding carboxylic acids is 1. The van der Waals surface area contributed by atoms with E-state index in [0.29, 0.717) is 12.2 Å². The second kappa shape index (κ2) is 6.09. The molecular weight excluding hydrogens is 335 g/mol. The molecule has 1 amide bonds. The van der Waals surface area contributed by atoms with E-state index in [1.165, 1.54) is 0 Å². The van der Waals surface area contributed by atoms with E-state index in [-0.39, 0.29) is 5.91 Å². The summed E-state index contributed by atoms with van der Waals surface area (Å²) in [5, 5.41) is 3.61. The summed E-state index contributed by atoms with van der Waals surface area (Å²) in [5.41, 5.74) is 3.63. The van der Waals surface area contributed by atoms with Gasteiger partial charge in [-0.25, -0.2) is 9.37 Å². The molecule has 134 valence electrons. The molecule has 1 fully saturated rings. The monoisotopic (exact) mass is 354 g/mol. The highest BCUT2D eigenvalue weighted by Crippen LogP contribution is 2.36. The van der Waals surface area contributed by atoms with Crippen LogP contribution in [0.1, 0.15) is 12.1 Å². The number of aryl methyl sites for hydroxylation is 2. The molecule has 1 aliphatic carbocycles. The smallest absolute Gasteiger partial charge is 0.231 e. The summed E-state index contributed by atoms with van der Waals surface area (Å²) in [7, 11) is 3.58. The van der Waals surface area contributed by atoms with Crippen LogP contribution in [-0.2, 0) is 11.8 Å². The third-order valence-corrected chi connectivity index (χ3v) is 4.81. The summed E-state index contributed by atoms with van der Waals surface area (Å²) in [4.78, 5) is 20.6. The topological polar surface area (TPSA) is 69.0 Å². The van der Waals surface area contributed by atoms with E-state index in [0.717, 1.165) is 33.6 Å². The number of ether oxygens (including phenoxy) is 1. The predicted octanol–water partition coefficient (Wildman–Crippen LogP) is 3.25. The number of anilines is 1. The van der Waals surface area contributed by atoms with Crippen LogP contribution in [0.25, 0.3) is 22.2 Å². The molecule has 0 saturated heterocycles. The molecule has 4 rings (SSSR count). The minimum atomic E-state index is -1.02. The lowest BCUT2D eigenvalue weighted by atomic mass is 10.1. The van der Waals surface area contributed by atoms with Crippen molar-refractivity contribution >= 4 is 22.6 Å². The molecule has 0 unspecified atom stereocenters. The maximum absolute atomic E-state index is 13.0. The highest BCUT2D eigenvalue weighted by Gasteiger charge is 2.43. The maximum atomic E-state index is 13.0. The van der Waals surface area contributed by atoms with E-state index in [1.807, 2.05) is 30.7 Å². The number of halogens is 1. The van der Waals surface area contributed by atoms with E-state index in [9.17, 15) is 9.18 Å². The van der Waals surface area contributed by atoms with Gasteiger partial charge in [0.2, 0.25) is 5.91 Å². The Morgan fingerprint density at radius 3 is 2.85 bits per heavy atom. The van der Waals surface area contributed by atoms with Crippen LogP contribution in [0.15, 0.2) is 30.6 Å². The van der Waals surface area contributed by atoms with Crippen molar-refractivity contribution in [1.29, 1.82) is 0 Å². The largest absolute Gasteiger partial charge is 0.496 e. The van der Waals surface area contributed by atoms with Crippen LogP contribution < -0.4 is 10.1 Å². The molecule has 0 bridgehead atoms. The molecule has 0 aliphatic heterocycles. The standard InChI is InChI=1S/C19H19FN4O2/c1-10-18(16(26-3)4-5-21-10)14-6-11-7-17(22-9-15(11)24(14)2)23-19(25)12-8-13(12)20/h4-7,9,12-13H,8H2,1-3H3,(H,22,23,25)/t12-,13+/m1/s1. The highest BCUT2D eigenvalue weighted by molar-refractivity contribution is 5.96. The van der Waals surface area contributed by atoms with Crippen molar-refractivity contribution < 1.29 is 13.9 Å². The molecule has 0 radical (unpaired) electrons. The number of fused-ring (bicyclic) bond motifs is 1. The number of hydrogen-bond donors (Lipinski definition) is 1. The molecule has 26 heavy (non-hydrogen) atoms. The Kier molecular flexibility index (Phi) is 3.86. The van der Waals surface area contributed by atoms with Gasteiger partial charge in [0.25, 0.3) is 0 Å². The fourth-order valence-electron chi connectivity index (χ4n) is 3.22. The lowest BCUT2D eigenvalue weighted by molar-refractivity contribution is -0.117. The van der Waals surface area contributed by atoms with Gasteiger partial charge >= 0.3 is 0 Å². The van der Waals surface area contributed by atoms with Crippen LogP contribution >= 0.6 is 0 Å². The van der Waals surface area contributed by atoms with E-state index < -0.39 is 12.1 Å². The molecule has 0 aromatic carbocycles. The van der Waals surface area contributed by atoms with E-state index in [2.05, 4.69) is 15.3 Å². The lowest BCUT2D eigenvalue weighted by Gasteiger charge is -2.11. The zero-order chi connectivity index (χ0) is 18.4. The summed E-state index contributed by atoms with van der Waals surface area (Å²) < 4.78 is 20.5. The van der Waals surface area contributed by atoms with Crippen molar-refractivity contribution in [3.05, 3.63) is 36.3 Å². The lowest BCUT2D eigenvalue weighted by Crippen LogP contribution is -2.15. The molecule has 3 heterocycles. The number of nitrogens with zero attached hydrogens (tertiary/aromatic N) is 3. The number of aromatic nitrogens is 3. The van der Waals surface area contributed by atoms with E-state index in [4.69, 9.17) is 4.74 Å². The van der Waals surface area contributed by atoms with Gasteiger partial charge in [-0.15, -0.1) is 0 Å². The van der Waals surface area contributed by atoms with Crippen LogP contribution in [0.4, 0.5) is 10.2 Å². The molecule has 2 atom stereocenters. The van der Waals surface area contributed by atoms with Crippen molar-refractivity contribution in [1.82, 2.24) is 14.5 Å². The minimum absolute atomic E-state index is 0.295. The van der Waals surface area contributed by atoms with Gasteiger partial charge in [0.15, 0.2) is 0 Å². The van der Waals surface area contributed by atoms with Crippen LogP contribution in [0.5, 0.6) is 5.75 Å². The van der Waals surface area contributed by atoms with Gasteiger partial charge in [0.1, 0.15) is 17.7 Å². The normalized spacial score (nSPS) is 18.8. The predicted molar refractivity (Wildman–Crippen MR) is 96.9 cm³/mol. The van der Waals surface area contributed by atoms with Gasteiger partial charge in [0, 0.05) is 18.6 Å². The second-order valence-electron chi connectivity index (χ2n) is 6.54. The third-order valence-electron chi connectivity index (χ3n) is 4.81. The van der Waals surface area contributed by atoms with Gasteiger partial charge in [-0.2, -0.15) is 0 Å². The zero-order valence-electron chi connectivity index (χ0n) is 14.8. The van der Waals surface area contributed by atoms with Gasteiger partial charge < -0.3 is 14.6 Å². The summed E-state index contributed by atoms with van der Waals surface area (Å²) in [6.07, 6.45) is 2.69. The molecule has 3 aromatic heterocycles. The van der Waals surface area contributed by atoms with Crippen molar-refractivity contribution in [2.24, 2.45) is 13.0 Å². The zero-order valence-corrected chi connectivity index (χ0v) is 14.8. The van der Waals surface area contributed by atoms with Gasteiger partial charge in [-0.3, -0.25) is 9.78 Å². The van der Waals surface area contributed by atoms with Crippen molar-refractivity contribution in [3.8, 4) is 17.0 Å². The number of hydrogen-bond acceptors (Lipinski definition) is 4. The summed E-state index contributed by atoms with van der Waals surface area (Å²) in [6.45, 7) is 1.93. The number of amides is 1. The molecular formula is C19H19FN4O2. The van der Waals surface area contributed by atoms with Crippen molar-refractivity contribution in [2.45, 2.75) is 19.5 Å². The number of carbonyl (C=O) groups is 1. The number of nitrogens with one attached hydrogen (secondary N) is 1. The van der Waals surface area contributed by atoms with Gasteiger partial charge in [-0.05, 0) is 31.5 Å². The maximum Gasteiger partial charge on any atom is 0.231 e. The fourth-order valence-corrected chi connectivity index (χ4v) is 3.22. The molecule has 1 N–H and O–H groups in total. The number of rotatable bonds is 4. The molecule has 0 spiro atoms. The summed E-state index contributed by atoms with van der Waals surface area (Å²) >= 11 is 0. The molecule has 3 aromatic rings. The van der Waals surface area contributed by atoms with Crippen LogP contribution in [0.2, 0.25) is 0 Å². The van der Waals surface area contributed by atoms with Crippen LogP contribution in [-0.4, -0.2) is 33.7 Å². The Bertz CT molecular complexity index is 1010. The first-order chi connectivity index (χ1) is 12.5. The molecule has 6 nitrogen and oxygen atoms in total. The highest BCUT2D eigenvalue weighted by atomic mass is 19.1. The van der Waals surface area contributed by atoms with Crippen molar-refractivity contribution in [3.63, 3.8) is 0 Å². The number of methoxy groups -OCH3 is 1. The fraction of sp³-hybridized carbons (Fsp3) is 0.316. The molecule has 1 aliphatic rings. The molecule has 1 saturated carbocycles. The number of pyridine rings is 2. The van der Waals surface area contributed by atoms with E-state index >= 15 is 0 Å². The Labute approximate surface area is 150 Å². The third kappa shape index (κ3) is 2.69. The second-order valence-corrected chi connectivity index (χ2v) is 6.54. The first-order valence-electron chi connectivity index (χ1n) is 8.40. The molecule has 7 heteroatoms. The Morgan fingerprint density at radius 2 is 2.15 bits per heavy atom. The van der Waals surface area contributed by atoms with Crippen LogP contribution in [0.3, 0.4) is 0 Å². The minimum Gasteiger partial charge on any atom is -0.496 e. The SMILES string of the molecule is COc1ccnc(C)c1-c1cc2cc(NC(=O)[C@@H]3C[C@@H]3F)ncc2n1C. The first kappa shape index (κ1) is 16.5. The summed E-state index contributed by atoms with van der Waals surface area (Å²) in [6, 6.07) is 5.63. The van der Waals surface area contributed by atoms with Crippen LogP contribution in [0, 0.1) is 12.8 Å². The van der Waals surface area contributed by atoms with E-state index in [1.54, 1.807) is 25.6 Å². The van der Waals surface area contributed by atoms with Gasteiger partial charge in [-0.1, -0.05) is 0 Å². The average Bonchev–Trinajstić information content (AvgIpc) is 3.28. The first-order valence-corrected chi connectivity index (χ1v) is 8.40. The Hall–Kier alpha value is -2.96. The quantitative estimate of drug-likeness (QED) is 0.781. The Morgan fingerprint density at radius 1 is 1.38 bits per heavy atom. The average molecular weight is 354 g/mol. The van der Waals surface area contributed by atoms with Crippen molar-refractivity contribution in [2.75, 3.05) is 12.4 Å². The van der Waals surface area contributed by atoms with Gasteiger partial charge in [0.05, 0.1) is 41.7 Å². The summed E-state index contributed by atoms with van der Waals surface area (Å²) in [5.74, 6) is 0.313. The Balaban J connectivity index is 1.74. The number of alkyl halides is 1.